The maximum atomic E-state index is 12.7. The lowest BCUT2D eigenvalue weighted by atomic mass is 10.3. The van der Waals surface area contributed by atoms with E-state index in [9.17, 15) is 8.42 Å². The zero-order valence-corrected chi connectivity index (χ0v) is 17.3. The highest BCUT2D eigenvalue weighted by Crippen LogP contribution is 2.29. The predicted molar refractivity (Wildman–Crippen MR) is 104 cm³/mol. The predicted octanol–water partition coefficient (Wildman–Crippen LogP) is 2.55. The van der Waals surface area contributed by atoms with Crippen LogP contribution in [0.3, 0.4) is 0 Å². The summed E-state index contributed by atoms with van der Waals surface area (Å²) in [5, 5.41) is 3.13. The van der Waals surface area contributed by atoms with E-state index in [4.69, 9.17) is 0 Å². The van der Waals surface area contributed by atoms with E-state index in [0.29, 0.717) is 36.3 Å². The van der Waals surface area contributed by atoms with E-state index in [2.05, 4.69) is 36.1 Å². The molecule has 0 saturated carbocycles. The number of halogens is 1. The van der Waals surface area contributed by atoms with Crippen LogP contribution in [0, 0.1) is 6.92 Å². The van der Waals surface area contributed by atoms with Gasteiger partial charge in [0.15, 0.2) is 0 Å². The van der Waals surface area contributed by atoms with Gasteiger partial charge in [-0.25, -0.2) is 13.4 Å². The Morgan fingerprint density at radius 1 is 1.24 bits per heavy atom. The van der Waals surface area contributed by atoms with Gasteiger partial charge in [0.1, 0.15) is 10.0 Å². The van der Waals surface area contributed by atoms with Crippen LogP contribution in [0.2, 0.25) is 0 Å². The van der Waals surface area contributed by atoms with E-state index in [1.165, 1.54) is 11.3 Å². The van der Waals surface area contributed by atoms with Crippen molar-refractivity contribution in [3.63, 3.8) is 0 Å². The van der Waals surface area contributed by atoms with Crippen molar-refractivity contribution in [2.75, 3.05) is 42.9 Å². The molecule has 2 aromatic rings. The maximum Gasteiger partial charge on any atom is 0.252 e. The highest BCUT2D eigenvalue weighted by Gasteiger charge is 2.30. The van der Waals surface area contributed by atoms with Gasteiger partial charge in [0.2, 0.25) is 5.95 Å². The van der Waals surface area contributed by atoms with Crippen LogP contribution in [0.15, 0.2) is 26.2 Å². The SMILES string of the molecule is CCNc1nc(C)cc(N2CCN(S(=O)(=O)c3ccc(Br)s3)CC2)n1. The number of hydrogen-bond donors (Lipinski definition) is 1. The molecule has 3 rings (SSSR count). The fourth-order valence-electron chi connectivity index (χ4n) is 2.67. The Hall–Kier alpha value is -1.23. The smallest absolute Gasteiger partial charge is 0.252 e. The Morgan fingerprint density at radius 2 is 1.96 bits per heavy atom. The summed E-state index contributed by atoms with van der Waals surface area (Å²) in [7, 11) is -3.42. The van der Waals surface area contributed by atoms with Crippen LogP contribution in [-0.4, -0.2) is 55.4 Å². The lowest BCUT2D eigenvalue weighted by Crippen LogP contribution is -2.48. The second kappa shape index (κ2) is 7.56. The zero-order chi connectivity index (χ0) is 18.0. The van der Waals surface area contributed by atoms with Gasteiger partial charge in [-0.1, -0.05) is 0 Å². The van der Waals surface area contributed by atoms with Gasteiger partial charge in [-0.05, 0) is 41.9 Å². The minimum Gasteiger partial charge on any atom is -0.354 e. The Balaban J connectivity index is 1.72. The summed E-state index contributed by atoms with van der Waals surface area (Å²) in [5.74, 6) is 1.44. The Morgan fingerprint density at radius 3 is 2.56 bits per heavy atom. The summed E-state index contributed by atoms with van der Waals surface area (Å²) in [6.07, 6.45) is 0. The van der Waals surface area contributed by atoms with E-state index in [1.54, 1.807) is 16.4 Å². The second-order valence-corrected chi connectivity index (χ2v) is 10.3. The fourth-order valence-corrected chi connectivity index (χ4v) is 6.26. The number of thiophene rings is 1. The number of aryl methyl sites for hydroxylation is 1. The van der Waals surface area contributed by atoms with Gasteiger partial charge in [-0.15, -0.1) is 11.3 Å². The molecule has 0 spiro atoms. The van der Waals surface area contributed by atoms with E-state index >= 15 is 0 Å². The quantitative estimate of drug-likeness (QED) is 0.761. The molecule has 7 nitrogen and oxygen atoms in total. The molecule has 1 aliphatic rings. The van der Waals surface area contributed by atoms with Crippen molar-refractivity contribution in [3.8, 4) is 0 Å². The summed E-state index contributed by atoms with van der Waals surface area (Å²) < 4.78 is 28.1. The molecule has 1 fully saturated rings. The van der Waals surface area contributed by atoms with Crippen molar-refractivity contribution < 1.29 is 8.42 Å². The van der Waals surface area contributed by atoms with Crippen LogP contribution >= 0.6 is 27.3 Å². The number of nitrogens with zero attached hydrogens (tertiary/aromatic N) is 4. The highest BCUT2D eigenvalue weighted by molar-refractivity contribution is 9.11. The first-order valence-corrected chi connectivity index (χ1v) is 11.0. The van der Waals surface area contributed by atoms with Crippen LogP contribution in [0.4, 0.5) is 11.8 Å². The van der Waals surface area contributed by atoms with Crippen LogP contribution in [0.1, 0.15) is 12.6 Å². The molecule has 0 aromatic carbocycles. The molecule has 0 atom stereocenters. The van der Waals surface area contributed by atoms with Crippen molar-refractivity contribution in [2.45, 2.75) is 18.1 Å². The Kier molecular flexibility index (Phi) is 5.62. The van der Waals surface area contributed by atoms with Crippen molar-refractivity contribution in [1.82, 2.24) is 14.3 Å². The minimum absolute atomic E-state index is 0.375. The molecular weight excluding hydrogens is 426 g/mol. The highest BCUT2D eigenvalue weighted by atomic mass is 79.9. The summed E-state index contributed by atoms with van der Waals surface area (Å²) in [6.45, 7) is 6.78. The van der Waals surface area contributed by atoms with Gasteiger partial charge in [0.05, 0.1) is 3.79 Å². The monoisotopic (exact) mass is 445 g/mol. The van der Waals surface area contributed by atoms with Crippen LogP contribution in [0.5, 0.6) is 0 Å². The lowest BCUT2D eigenvalue weighted by Gasteiger charge is -2.34. The molecule has 0 amide bonds. The number of rotatable bonds is 5. The molecule has 2 aromatic heterocycles. The number of piperazine rings is 1. The van der Waals surface area contributed by atoms with Gasteiger partial charge in [-0.2, -0.15) is 9.29 Å². The minimum atomic E-state index is -3.42. The molecule has 0 bridgehead atoms. The molecule has 25 heavy (non-hydrogen) atoms. The summed E-state index contributed by atoms with van der Waals surface area (Å²) in [5.41, 5.74) is 0.888. The van der Waals surface area contributed by atoms with Gasteiger partial charge >= 0.3 is 0 Å². The average molecular weight is 446 g/mol. The number of anilines is 2. The van der Waals surface area contributed by atoms with Crippen LogP contribution in [0.25, 0.3) is 0 Å². The molecule has 1 N–H and O–H groups in total. The molecule has 0 unspecified atom stereocenters. The third-order valence-corrected chi connectivity index (χ3v) is 7.87. The first-order valence-electron chi connectivity index (χ1n) is 8.00. The van der Waals surface area contributed by atoms with E-state index in [1.807, 2.05) is 19.9 Å². The van der Waals surface area contributed by atoms with Crippen molar-refractivity contribution in [2.24, 2.45) is 0 Å². The first-order chi connectivity index (χ1) is 11.9. The lowest BCUT2D eigenvalue weighted by molar-refractivity contribution is 0.384. The van der Waals surface area contributed by atoms with Gasteiger partial charge in [0.25, 0.3) is 10.0 Å². The third-order valence-electron chi connectivity index (χ3n) is 3.88. The Labute approximate surface area is 160 Å². The molecule has 3 heterocycles. The summed E-state index contributed by atoms with van der Waals surface area (Å²) in [6, 6.07) is 5.34. The number of sulfonamides is 1. The van der Waals surface area contributed by atoms with Crippen molar-refractivity contribution in [1.29, 1.82) is 0 Å². The molecular formula is C15H20BrN5O2S2. The van der Waals surface area contributed by atoms with Crippen LogP contribution < -0.4 is 10.2 Å². The molecule has 10 heteroatoms. The first kappa shape index (κ1) is 18.6. The standard InChI is InChI=1S/C15H20BrN5O2S2/c1-3-17-15-18-11(2)10-13(19-15)20-6-8-21(9-7-20)25(22,23)14-5-4-12(16)24-14/h4-5,10H,3,6-9H2,1-2H3,(H,17,18,19). The Bertz CT molecular complexity index is 847. The molecule has 0 radical (unpaired) electrons. The van der Waals surface area contributed by atoms with E-state index in [-0.39, 0.29) is 0 Å². The van der Waals surface area contributed by atoms with Gasteiger partial charge < -0.3 is 10.2 Å². The topological polar surface area (TPSA) is 78.4 Å². The van der Waals surface area contributed by atoms with Gasteiger partial charge in [-0.3, -0.25) is 0 Å². The molecule has 0 aliphatic carbocycles. The largest absolute Gasteiger partial charge is 0.354 e. The number of aromatic nitrogens is 2. The van der Waals surface area contributed by atoms with E-state index < -0.39 is 10.0 Å². The van der Waals surface area contributed by atoms with Crippen LogP contribution in [-0.2, 0) is 10.0 Å². The van der Waals surface area contributed by atoms with Gasteiger partial charge in [0, 0.05) is 44.5 Å². The summed E-state index contributed by atoms with van der Waals surface area (Å²) >= 11 is 4.56. The molecule has 1 saturated heterocycles. The third kappa shape index (κ3) is 4.13. The number of nitrogens with one attached hydrogen (secondary N) is 1. The molecule has 136 valence electrons. The zero-order valence-electron chi connectivity index (χ0n) is 14.1. The molecule has 1 aliphatic heterocycles. The summed E-state index contributed by atoms with van der Waals surface area (Å²) in [4.78, 5) is 11.0. The van der Waals surface area contributed by atoms with Crippen molar-refractivity contribution >= 4 is 49.1 Å². The maximum absolute atomic E-state index is 12.7. The van der Waals surface area contributed by atoms with E-state index in [0.717, 1.165) is 21.8 Å². The fraction of sp³-hybridized carbons (Fsp3) is 0.467. The second-order valence-electron chi connectivity index (χ2n) is 5.67. The average Bonchev–Trinajstić information content (AvgIpc) is 3.02. The number of hydrogen-bond acceptors (Lipinski definition) is 7. The normalized spacial score (nSPS) is 16.2. The van der Waals surface area contributed by atoms with Crippen molar-refractivity contribution in [3.05, 3.63) is 27.7 Å².